The highest BCUT2D eigenvalue weighted by atomic mass is 16.5. The van der Waals surface area contributed by atoms with Gasteiger partial charge in [-0.3, -0.25) is 28.1 Å². The van der Waals surface area contributed by atoms with E-state index < -0.39 is 18.0 Å². The van der Waals surface area contributed by atoms with Crippen LogP contribution in [0.1, 0.15) is 67.5 Å². The molecule has 4 aromatic rings. The van der Waals surface area contributed by atoms with Gasteiger partial charge in [-0.2, -0.15) is 0 Å². The molecule has 1 saturated carbocycles. The largest absolute Gasteiger partial charge is 0.481 e. The summed E-state index contributed by atoms with van der Waals surface area (Å²) in [6.07, 6.45) is 8.25. The second-order valence-electron chi connectivity index (χ2n) is 10.6. The van der Waals surface area contributed by atoms with Gasteiger partial charge in [0.2, 0.25) is 5.91 Å². The third kappa shape index (κ3) is 6.00. The summed E-state index contributed by atoms with van der Waals surface area (Å²) in [5.74, 6) is -1.28. The monoisotopic (exact) mass is 573 g/mol. The number of pyridine rings is 1. The number of imidazole rings is 1. The minimum atomic E-state index is -0.943. The van der Waals surface area contributed by atoms with Gasteiger partial charge in [-0.25, -0.2) is 4.98 Å². The number of carbonyl (C=O) groups is 4. The van der Waals surface area contributed by atoms with Crippen LogP contribution < -0.4 is 10.6 Å². The Hall–Kier alpha value is -4.67. The number of fused-ring (bicyclic) bond motifs is 2. The van der Waals surface area contributed by atoms with Crippen molar-refractivity contribution in [3.8, 4) is 11.3 Å². The maximum Gasteiger partial charge on any atom is 0.325 e. The van der Waals surface area contributed by atoms with Crippen LogP contribution in [0.4, 0.5) is 5.82 Å². The maximum atomic E-state index is 13.4. The quantitative estimate of drug-likeness (QED) is 0.231. The molecule has 0 spiro atoms. The molecule has 3 N–H and O–H groups in total. The van der Waals surface area contributed by atoms with Gasteiger partial charge in [-0.15, -0.1) is 0 Å². The predicted molar refractivity (Wildman–Crippen MR) is 158 cm³/mol. The molecule has 1 aromatic carbocycles. The summed E-state index contributed by atoms with van der Waals surface area (Å²) in [5, 5.41) is 16.4. The fourth-order valence-electron chi connectivity index (χ4n) is 5.85. The van der Waals surface area contributed by atoms with E-state index in [1.807, 2.05) is 24.3 Å². The topological polar surface area (TPSA) is 144 Å². The number of para-hydroxylation sites is 1. The minimum Gasteiger partial charge on any atom is -0.481 e. The number of amides is 1. The standard InChI is InChI=1S/C31H35N5O6/c1-3-42-28(40)17-32-30-29(23-18-36(19(2)37)25-12-8-7-11-22(23)25)34-26-15-21(13-14-35(26)30)31(41)33-24(16-27(38)39)20-9-5-4-6-10-20/h7-8,11-15,18,20,24,32H,3-6,9-10,16-17H2,1-2H3,(H,33,41)(H,38,39). The Kier molecular flexibility index (Phi) is 8.56. The van der Waals surface area contributed by atoms with Crippen molar-refractivity contribution in [2.24, 2.45) is 5.92 Å². The van der Waals surface area contributed by atoms with Crippen LogP contribution >= 0.6 is 0 Å². The number of rotatable bonds is 10. The van der Waals surface area contributed by atoms with Gasteiger partial charge < -0.3 is 20.5 Å². The molecule has 0 saturated heterocycles. The van der Waals surface area contributed by atoms with E-state index in [0.29, 0.717) is 28.3 Å². The maximum absolute atomic E-state index is 13.4. The van der Waals surface area contributed by atoms with E-state index >= 15 is 0 Å². The first kappa shape index (κ1) is 28.8. The Balaban J connectivity index is 1.54. The molecule has 3 aromatic heterocycles. The van der Waals surface area contributed by atoms with Crippen molar-refractivity contribution in [1.29, 1.82) is 0 Å². The van der Waals surface area contributed by atoms with Crippen LogP contribution in [0.5, 0.6) is 0 Å². The van der Waals surface area contributed by atoms with E-state index in [9.17, 15) is 24.3 Å². The summed E-state index contributed by atoms with van der Waals surface area (Å²) in [5.41, 5.74) is 2.69. The van der Waals surface area contributed by atoms with Gasteiger partial charge in [0.05, 0.1) is 18.5 Å². The molecule has 1 amide bonds. The average Bonchev–Trinajstić information content (AvgIpc) is 3.54. The lowest BCUT2D eigenvalue weighted by Gasteiger charge is -2.30. The Bertz CT molecular complexity index is 1650. The molecule has 11 heteroatoms. The summed E-state index contributed by atoms with van der Waals surface area (Å²) < 4.78 is 8.38. The second kappa shape index (κ2) is 12.5. The number of nitrogens with zero attached hydrogens (tertiary/aromatic N) is 3. The summed E-state index contributed by atoms with van der Waals surface area (Å²) in [7, 11) is 0. The molecule has 42 heavy (non-hydrogen) atoms. The first-order valence-electron chi connectivity index (χ1n) is 14.3. The van der Waals surface area contributed by atoms with Crippen LogP contribution in [0.2, 0.25) is 0 Å². The Morgan fingerprint density at radius 2 is 1.88 bits per heavy atom. The molecule has 0 radical (unpaired) electrons. The van der Waals surface area contributed by atoms with Gasteiger partial charge >= 0.3 is 11.9 Å². The zero-order valence-electron chi connectivity index (χ0n) is 23.8. The first-order valence-corrected chi connectivity index (χ1v) is 14.3. The summed E-state index contributed by atoms with van der Waals surface area (Å²) in [6, 6.07) is 10.3. The number of carbonyl (C=O) groups excluding carboxylic acids is 3. The molecule has 3 heterocycles. The molecule has 1 unspecified atom stereocenters. The van der Waals surface area contributed by atoms with Gasteiger partial charge in [0, 0.05) is 41.9 Å². The summed E-state index contributed by atoms with van der Waals surface area (Å²) in [6.45, 7) is 3.35. The number of hydrogen-bond donors (Lipinski definition) is 3. The molecule has 0 bridgehead atoms. The third-order valence-electron chi connectivity index (χ3n) is 7.83. The zero-order chi connectivity index (χ0) is 29.8. The fourth-order valence-corrected chi connectivity index (χ4v) is 5.85. The minimum absolute atomic E-state index is 0.111. The molecular formula is C31H35N5O6. The van der Waals surface area contributed by atoms with Crippen LogP contribution in [0.25, 0.3) is 27.8 Å². The summed E-state index contributed by atoms with van der Waals surface area (Å²) >= 11 is 0. The van der Waals surface area contributed by atoms with Crippen LogP contribution in [0.3, 0.4) is 0 Å². The van der Waals surface area contributed by atoms with E-state index in [1.165, 1.54) is 6.92 Å². The Morgan fingerprint density at radius 1 is 1.12 bits per heavy atom. The Labute approximate surface area is 242 Å². The van der Waals surface area contributed by atoms with Gasteiger partial charge in [0.15, 0.2) is 0 Å². The van der Waals surface area contributed by atoms with Gasteiger partial charge in [0.25, 0.3) is 5.91 Å². The Morgan fingerprint density at radius 3 is 2.60 bits per heavy atom. The number of aliphatic carboxylic acids is 1. The number of carboxylic acids is 1. The molecule has 1 aliphatic carbocycles. The van der Waals surface area contributed by atoms with Crippen molar-refractivity contribution in [2.45, 2.75) is 58.4 Å². The number of carboxylic acid groups (broad SMARTS) is 1. The number of esters is 1. The molecular weight excluding hydrogens is 538 g/mol. The van der Waals surface area contributed by atoms with Crippen molar-refractivity contribution in [3.63, 3.8) is 0 Å². The van der Waals surface area contributed by atoms with E-state index in [-0.39, 0.29) is 37.3 Å². The molecule has 220 valence electrons. The van der Waals surface area contributed by atoms with Gasteiger partial charge in [0.1, 0.15) is 23.7 Å². The molecule has 11 nitrogen and oxygen atoms in total. The van der Waals surface area contributed by atoms with Crippen LogP contribution in [0.15, 0.2) is 48.8 Å². The van der Waals surface area contributed by atoms with Gasteiger partial charge in [-0.05, 0) is 43.9 Å². The highest BCUT2D eigenvalue weighted by Crippen LogP contribution is 2.36. The SMILES string of the molecule is CCOC(=O)CNc1c(-c2cn(C(C)=O)c3ccccc23)nc2cc(C(=O)NC(CC(=O)O)C3CCCCC3)ccn12. The lowest BCUT2D eigenvalue weighted by Crippen LogP contribution is -2.42. The van der Waals surface area contributed by atoms with Crippen molar-refractivity contribution in [3.05, 3.63) is 54.4 Å². The first-order chi connectivity index (χ1) is 20.3. The smallest absolute Gasteiger partial charge is 0.325 e. The molecule has 1 aliphatic rings. The lowest BCUT2D eigenvalue weighted by atomic mass is 9.82. The number of benzene rings is 1. The average molecular weight is 574 g/mol. The lowest BCUT2D eigenvalue weighted by molar-refractivity contribution is -0.141. The highest BCUT2D eigenvalue weighted by Gasteiger charge is 2.28. The number of ether oxygens (including phenoxy) is 1. The zero-order valence-corrected chi connectivity index (χ0v) is 23.8. The van der Waals surface area contributed by atoms with Gasteiger partial charge in [-0.1, -0.05) is 37.5 Å². The number of hydrogen-bond acceptors (Lipinski definition) is 7. The number of nitrogens with one attached hydrogen (secondary N) is 2. The molecule has 5 rings (SSSR count). The van der Waals surface area contributed by atoms with Crippen LogP contribution in [-0.4, -0.2) is 62.0 Å². The van der Waals surface area contributed by atoms with E-state index in [0.717, 1.165) is 43.0 Å². The third-order valence-corrected chi connectivity index (χ3v) is 7.83. The summed E-state index contributed by atoms with van der Waals surface area (Å²) in [4.78, 5) is 54.4. The molecule has 1 atom stereocenters. The van der Waals surface area contributed by atoms with E-state index in [1.54, 1.807) is 40.4 Å². The fraction of sp³-hybridized carbons (Fsp3) is 0.387. The molecule has 0 aliphatic heterocycles. The number of aromatic nitrogens is 3. The van der Waals surface area contributed by atoms with Crippen molar-refractivity contribution in [1.82, 2.24) is 19.3 Å². The van der Waals surface area contributed by atoms with Crippen molar-refractivity contribution in [2.75, 3.05) is 18.5 Å². The van der Waals surface area contributed by atoms with Crippen LogP contribution in [-0.2, 0) is 14.3 Å². The highest BCUT2D eigenvalue weighted by molar-refractivity contribution is 6.03. The molecule has 1 fully saturated rings. The second-order valence-corrected chi connectivity index (χ2v) is 10.6. The van der Waals surface area contributed by atoms with Crippen molar-refractivity contribution >= 4 is 46.1 Å². The van der Waals surface area contributed by atoms with E-state index in [4.69, 9.17) is 9.72 Å². The van der Waals surface area contributed by atoms with E-state index in [2.05, 4.69) is 10.6 Å². The predicted octanol–water partition coefficient (Wildman–Crippen LogP) is 4.74. The van der Waals surface area contributed by atoms with Crippen molar-refractivity contribution < 1.29 is 29.0 Å². The normalized spacial score (nSPS) is 14.5. The number of anilines is 1. The van der Waals surface area contributed by atoms with Crippen LogP contribution in [0, 0.1) is 5.92 Å².